The molecule has 0 saturated carbocycles. The summed E-state index contributed by atoms with van der Waals surface area (Å²) in [5.74, 6) is 1.15. The van der Waals surface area contributed by atoms with Gasteiger partial charge in [0.15, 0.2) is 11.6 Å². The number of nitrogens with zero attached hydrogens (tertiary/aromatic N) is 2. The van der Waals surface area contributed by atoms with Crippen molar-refractivity contribution in [1.29, 1.82) is 0 Å². The number of halogens is 2. The Balaban J connectivity index is 2.45. The first-order valence-corrected chi connectivity index (χ1v) is 5.63. The summed E-state index contributed by atoms with van der Waals surface area (Å²) in [4.78, 5) is 8.32. The van der Waals surface area contributed by atoms with Crippen LogP contribution in [0.2, 0.25) is 5.15 Å². The highest BCUT2D eigenvalue weighted by Gasteiger charge is 2.11. The van der Waals surface area contributed by atoms with Crippen LogP contribution in [0.25, 0.3) is 11.5 Å². The van der Waals surface area contributed by atoms with E-state index in [1.54, 1.807) is 25.5 Å². The highest BCUT2D eigenvalue weighted by atomic mass is 79.9. The molecule has 0 atom stereocenters. The van der Waals surface area contributed by atoms with E-state index in [4.69, 9.17) is 20.8 Å². The molecule has 16 heavy (non-hydrogen) atoms. The summed E-state index contributed by atoms with van der Waals surface area (Å²) >= 11 is 9.25. The highest BCUT2D eigenvalue weighted by Crippen LogP contribution is 2.28. The molecule has 2 aromatic rings. The first-order chi connectivity index (χ1) is 7.70. The average molecular weight is 304 g/mol. The van der Waals surface area contributed by atoms with Crippen LogP contribution < -0.4 is 0 Å². The molecule has 0 saturated heterocycles. The van der Waals surface area contributed by atoms with Gasteiger partial charge in [-0.2, -0.15) is 0 Å². The fraction of sp³-hybridized carbons (Fsp3) is 0.200. The van der Waals surface area contributed by atoms with Gasteiger partial charge in [0.1, 0.15) is 17.5 Å². The van der Waals surface area contributed by atoms with Crippen molar-refractivity contribution in [2.75, 3.05) is 7.11 Å². The van der Waals surface area contributed by atoms with E-state index in [1.165, 1.54) is 0 Å². The molecule has 2 heterocycles. The van der Waals surface area contributed by atoms with Gasteiger partial charge in [0.05, 0.1) is 10.7 Å². The van der Waals surface area contributed by atoms with Crippen LogP contribution in [0.5, 0.6) is 0 Å². The number of furan rings is 1. The van der Waals surface area contributed by atoms with Gasteiger partial charge in [-0.3, -0.25) is 0 Å². The summed E-state index contributed by atoms with van der Waals surface area (Å²) in [6, 6.07) is 3.44. The largest absolute Gasteiger partial charge is 0.461 e. The molecule has 0 bridgehead atoms. The van der Waals surface area contributed by atoms with Gasteiger partial charge >= 0.3 is 0 Å². The van der Waals surface area contributed by atoms with E-state index < -0.39 is 0 Å². The quantitative estimate of drug-likeness (QED) is 0.816. The zero-order valence-corrected chi connectivity index (χ0v) is 10.7. The maximum Gasteiger partial charge on any atom is 0.166 e. The molecule has 6 heteroatoms. The minimum absolute atomic E-state index is 0.311. The molecule has 0 amide bonds. The number of hydrogen-bond acceptors (Lipinski definition) is 4. The van der Waals surface area contributed by atoms with E-state index in [1.807, 2.05) is 0 Å². The molecule has 0 aliphatic carbocycles. The molecular formula is C10H8BrClN2O2. The summed E-state index contributed by atoms with van der Waals surface area (Å²) < 4.78 is 11.1. The number of methoxy groups -OCH3 is 1. The van der Waals surface area contributed by atoms with Crippen molar-refractivity contribution in [2.24, 2.45) is 0 Å². The van der Waals surface area contributed by atoms with E-state index >= 15 is 0 Å². The standard InChI is InChI=1S/C10H8BrClN2O2/c1-15-5-9-13-7(4-8(12)14-9)10-6(11)2-3-16-10/h2-4H,5H2,1H3. The predicted octanol–water partition coefficient (Wildman–Crippen LogP) is 3.30. The molecule has 0 aliphatic heterocycles. The van der Waals surface area contributed by atoms with Gasteiger partial charge in [0.25, 0.3) is 0 Å². The van der Waals surface area contributed by atoms with Crippen molar-refractivity contribution in [2.45, 2.75) is 6.61 Å². The van der Waals surface area contributed by atoms with Crippen LogP contribution in [0.1, 0.15) is 5.82 Å². The monoisotopic (exact) mass is 302 g/mol. The third-order valence-corrected chi connectivity index (χ3v) is 2.68. The normalized spacial score (nSPS) is 10.7. The van der Waals surface area contributed by atoms with Gasteiger partial charge in [-0.05, 0) is 22.0 Å². The second kappa shape index (κ2) is 4.95. The van der Waals surface area contributed by atoms with Crippen LogP contribution in [0.4, 0.5) is 0 Å². The van der Waals surface area contributed by atoms with Gasteiger partial charge in [-0.15, -0.1) is 0 Å². The SMILES string of the molecule is COCc1nc(Cl)cc(-c2occc2Br)n1. The maximum absolute atomic E-state index is 5.89. The summed E-state index contributed by atoms with van der Waals surface area (Å²) in [5, 5.41) is 0.361. The maximum atomic E-state index is 5.89. The van der Waals surface area contributed by atoms with Crippen molar-refractivity contribution in [1.82, 2.24) is 9.97 Å². The van der Waals surface area contributed by atoms with Crippen molar-refractivity contribution in [3.8, 4) is 11.5 Å². The Hall–Kier alpha value is -0.910. The Kier molecular flexibility index (Phi) is 3.58. The highest BCUT2D eigenvalue weighted by molar-refractivity contribution is 9.10. The van der Waals surface area contributed by atoms with Gasteiger partial charge in [0, 0.05) is 13.2 Å². The zero-order chi connectivity index (χ0) is 11.5. The van der Waals surface area contributed by atoms with E-state index in [9.17, 15) is 0 Å². The van der Waals surface area contributed by atoms with Crippen molar-refractivity contribution < 1.29 is 9.15 Å². The van der Waals surface area contributed by atoms with Crippen molar-refractivity contribution in [3.05, 3.63) is 33.8 Å². The molecule has 2 rings (SSSR count). The number of hydrogen-bond donors (Lipinski definition) is 0. The average Bonchev–Trinajstić information content (AvgIpc) is 2.64. The van der Waals surface area contributed by atoms with Crippen LogP contribution in [0.15, 0.2) is 27.3 Å². The van der Waals surface area contributed by atoms with Crippen LogP contribution >= 0.6 is 27.5 Å². The summed E-state index contributed by atoms with van der Waals surface area (Å²) in [6.45, 7) is 0.311. The zero-order valence-electron chi connectivity index (χ0n) is 8.41. The molecule has 0 radical (unpaired) electrons. The van der Waals surface area contributed by atoms with Gasteiger partial charge in [-0.25, -0.2) is 9.97 Å². The number of ether oxygens (including phenoxy) is 1. The summed E-state index contributed by atoms with van der Waals surface area (Å²) in [5.41, 5.74) is 0.629. The Bertz CT molecular complexity index is 501. The molecule has 0 unspecified atom stereocenters. The first kappa shape index (κ1) is 11.6. The molecule has 4 nitrogen and oxygen atoms in total. The Morgan fingerprint density at radius 3 is 2.94 bits per heavy atom. The number of rotatable bonds is 3. The predicted molar refractivity (Wildman–Crippen MR) is 63.2 cm³/mol. The van der Waals surface area contributed by atoms with E-state index in [0.29, 0.717) is 29.0 Å². The summed E-state index contributed by atoms with van der Waals surface area (Å²) in [7, 11) is 1.58. The fourth-order valence-electron chi connectivity index (χ4n) is 1.25. The molecule has 0 aromatic carbocycles. The van der Waals surface area contributed by atoms with Gasteiger partial charge in [0.2, 0.25) is 0 Å². The fourth-order valence-corrected chi connectivity index (χ4v) is 1.86. The lowest BCUT2D eigenvalue weighted by atomic mass is 10.3. The molecule has 0 fully saturated rings. The van der Waals surface area contributed by atoms with Crippen molar-refractivity contribution in [3.63, 3.8) is 0 Å². The number of aromatic nitrogens is 2. The minimum Gasteiger partial charge on any atom is -0.461 e. The lowest BCUT2D eigenvalue weighted by Gasteiger charge is -2.02. The lowest BCUT2D eigenvalue weighted by Crippen LogP contribution is -1.98. The third-order valence-electron chi connectivity index (χ3n) is 1.86. The molecule has 2 aromatic heterocycles. The first-order valence-electron chi connectivity index (χ1n) is 4.46. The molecule has 84 valence electrons. The van der Waals surface area contributed by atoms with Crippen molar-refractivity contribution >= 4 is 27.5 Å². The second-order valence-electron chi connectivity index (χ2n) is 3.02. The summed E-state index contributed by atoms with van der Waals surface area (Å²) in [6.07, 6.45) is 1.57. The van der Waals surface area contributed by atoms with E-state index in [2.05, 4.69) is 25.9 Å². The lowest BCUT2D eigenvalue weighted by molar-refractivity contribution is 0.178. The van der Waals surface area contributed by atoms with Gasteiger partial charge in [-0.1, -0.05) is 11.6 Å². The molecule has 0 N–H and O–H groups in total. The van der Waals surface area contributed by atoms with Crippen LogP contribution in [-0.4, -0.2) is 17.1 Å². The molecule has 0 aliphatic rings. The van der Waals surface area contributed by atoms with Crippen LogP contribution in [0, 0.1) is 0 Å². The van der Waals surface area contributed by atoms with Crippen LogP contribution in [0.3, 0.4) is 0 Å². The third kappa shape index (κ3) is 2.42. The minimum atomic E-state index is 0.311. The smallest absolute Gasteiger partial charge is 0.166 e. The van der Waals surface area contributed by atoms with E-state index in [-0.39, 0.29) is 0 Å². The molecular weight excluding hydrogens is 295 g/mol. The Morgan fingerprint density at radius 2 is 2.31 bits per heavy atom. The Labute approximate surface area is 106 Å². The molecule has 0 spiro atoms. The van der Waals surface area contributed by atoms with E-state index in [0.717, 1.165) is 4.47 Å². The van der Waals surface area contributed by atoms with Crippen LogP contribution in [-0.2, 0) is 11.3 Å². The topological polar surface area (TPSA) is 48.2 Å². The second-order valence-corrected chi connectivity index (χ2v) is 4.26. The Morgan fingerprint density at radius 1 is 1.50 bits per heavy atom. The van der Waals surface area contributed by atoms with Gasteiger partial charge < -0.3 is 9.15 Å².